The second-order valence-electron chi connectivity index (χ2n) is 3.56. The van der Waals surface area contributed by atoms with E-state index in [1.807, 2.05) is 0 Å². The van der Waals surface area contributed by atoms with Crippen LogP contribution in [0.2, 0.25) is 10.2 Å². The van der Waals surface area contributed by atoms with Gasteiger partial charge in [0.15, 0.2) is 12.0 Å². The molecule has 0 saturated heterocycles. The number of carbonyl (C=O) groups excluding carboxylic acids is 1. The molecule has 0 N–H and O–H groups in total. The molecule has 0 spiro atoms. The first-order valence-electron chi connectivity index (χ1n) is 4.91. The molecule has 0 aliphatic rings. The van der Waals surface area contributed by atoms with Gasteiger partial charge in [-0.15, -0.1) is 0 Å². The molecule has 0 bridgehead atoms. The van der Waals surface area contributed by atoms with Gasteiger partial charge in [0, 0.05) is 5.02 Å². The zero-order valence-electron chi connectivity index (χ0n) is 9.08. The minimum atomic E-state index is -4.76. The molecule has 2 aromatic rings. The molecule has 1 aromatic heterocycles. The summed E-state index contributed by atoms with van der Waals surface area (Å²) in [7, 11) is 0. The lowest BCUT2D eigenvalue weighted by atomic mass is 10.2. The number of aldehydes is 1. The average molecular weight is 309 g/mol. The third kappa shape index (κ3) is 2.59. The van der Waals surface area contributed by atoms with Crippen LogP contribution in [0.3, 0.4) is 0 Å². The summed E-state index contributed by atoms with van der Waals surface area (Å²) in [6.45, 7) is 0. The van der Waals surface area contributed by atoms with E-state index in [2.05, 4.69) is 5.10 Å². The van der Waals surface area contributed by atoms with Crippen molar-refractivity contribution in [3.63, 3.8) is 0 Å². The van der Waals surface area contributed by atoms with Crippen molar-refractivity contribution in [2.24, 2.45) is 0 Å². The Morgan fingerprint density at radius 1 is 1.26 bits per heavy atom. The highest BCUT2D eigenvalue weighted by atomic mass is 35.5. The Hall–Kier alpha value is -1.53. The maximum absolute atomic E-state index is 12.7. The third-order valence-corrected chi connectivity index (χ3v) is 2.90. The maximum atomic E-state index is 12.7. The Morgan fingerprint density at radius 2 is 1.95 bits per heavy atom. The molecule has 0 aliphatic heterocycles. The number of hydrogen-bond acceptors (Lipinski definition) is 2. The van der Waals surface area contributed by atoms with Gasteiger partial charge >= 0.3 is 6.18 Å². The second kappa shape index (κ2) is 4.86. The highest BCUT2D eigenvalue weighted by Crippen LogP contribution is 2.34. The number of benzene rings is 1. The van der Waals surface area contributed by atoms with Gasteiger partial charge in [-0.25, -0.2) is 4.68 Å². The minimum absolute atomic E-state index is 0.0270. The number of aromatic nitrogens is 2. The van der Waals surface area contributed by atoms with Crippen molar-refractivity contribution in [1.29, 1.82) is 0 Å². The monoisotopic (exact) mass is 308 g/mol. The van der Waals surface area contributed by atoms with Gasteiger partial charge in [-0.1, -0.05) is 29.3 Å². The molecule has 0 fully saturated rings. The molecule has 0 aliphatic carbocycles. The highest BCUT2D eigenvalue weighted by Gasteiger charge is 2.39. The van der Waals surface area contributed by atoms with Gasteiger partial charge in [-0.3, -0.25) is 4.79 Å². The van der Waals surface area contributed by atoms with Crippen LogP contribution in [0.15, 0.2) is 24.3 Å². The van der Waals surface area contributed by atoms with E-state index < -0.39 is 22.6 Å². The predicted octanol–water partition coefficient (Wildman–Crippen LogP) is 4.01. The molecule has 1 aromatic carbocycles. The quantitative estimate of drug-likeness (QED) is 0.786. The van der Waals surface area contributed by atoms with Crippen LogP contribution in [0.4, 0.5) is 13.2 Å². The Kier molecular flexibility index (Phi) is 3.56. The van der Waals surface area contributed by atoms with Crippen LogP contribution in [0.25, 0.3) is 5.69 Å². The third-order valence-electron chi connectivity index (χ3n) is 2.30. The minimum Gasteiger partial charge on any atom is -0.298 e. The number of halogens is 5. The van der Waals surface area contributed by atoms with Gasteiger partial charge in [-0.2, -0.15) is 18.3 Å². The average Bonchev–Trinajstić information content (AvgIpc) is 2.66. The molecule has 0 amide bonds. The summed E-state index contributed by atoms with van der Waals surface area (Å²) in [6, 6.07) is 5.94. The van der Waals surface area contributed by atoms with E-state index in [1.165, 1.54) is 18.2 Å². The standard InChI is InChI=1S/C11H5Cl2F3N2O/c12-6-2-1-3-7(4-6)18-10(13)8(5-19)9(17-18)11(14,15)16/h1-5H. The van der Waals surface area contributed by atoms with Gasteiger partial charge in [0.25, 0.3) is 0 Å². The van der Waals surface area contributed by atoms with E-state index in [-0.39, 0.29) is 12.0 Å². The van der Waals surface area contributed by atoms with Crippen LogP contribution >= 0.6 is 23.2 Å². The molecule has 0 saturated carbocycles. The molecule has 0 atom stereocenters. The van der Waals surface area contributed by atoms with E-state index in [1.54, 1.807) is 6.07 Å². The highest BCUT2D eigenvalue weighted by molar-refractivity contribution is 6.32. The molecule has 2 rings (SSSR count). The van der Waals surface area contributed by atoms with Crippen molar-refractivity contribution < 1.29 is 18.0 Å². The molecular weight excluding hydrogens is 304 g/mol. The normalized spacial score (nSPS) is 11.6. The summed E-state index contributed by atoms with van der Waals surface area (Å²) in [5, 5.41) is 3.23. The number of carbonyl (C=O) groups is 1. The van der Waals surface area contributed by atoms with Crippen LogP contribution in [-0.4, -0.2) is 16.1 Å². The molecule has 1 heterocycles. The summed E-state index contributed by atoms with van der Waals surface area (Å²) in [6.07, 6.45) is -4.73. The van der Waals surface area contributed by atoms with Crippen LogP contribution in [0.1, 0.15) is 16.1 Å². The fraction of sp³-hybridized carbons (Fsp3) is 0.0909. The smallest absolute Gasteiger partial charge is 0.298 e. The van der Waals surface area contributed by atoms with Gasteiger partial charge in [-0.05, 0) is 18.2 Å². The summed E-state index contributed by atoms with van der Waals surface area (Å²) in [5.41, 5.74) is -1.79. The van der Waals surface area contributed by atoms with Crippen molar-refractivity contribution in [2.75, 3.05) is 0 Å². The van der Waals surface area contributed by atoms with Crippen molar-refractivity contribution in [2.45, 2.75) is 6.18 Å². The lowest BCUT2D eigenvalue weighted by Crippen LogP contribution is -2.09. The van der Waals surface area contributed by atoms with Gasteiger partial charge < -0.3 is 0 Å². The van der Waals surface area contributed by atoms with Crippen molar-refractivity contribution in [1.82, 2.24) is 9.78 Å². The van der Waals surface area contributed by atoms with Crippen LogP contribution in [0.5, 0.6) is 0 Å². The number of rotatable bonds is 2. The number of nitrogens with zero attached hydrogens (tertiary/aromatic N) is 2. The summed E-state index contributed by atoms with van der Waals surface area (Å²) in [5.74, 6) is 0. The van der Waals surface area contributed by atoms with Crippen LogP contribution in [-0.2, 0) is 6.18 Å². The molecule has 0 radical (unpaired) electrons. The van der Waals surface area contributed by atoms with Gasteiger partial charge in [0.2, 0.25) is 0 Å². The molecule has 0 unspecified atom stereocenters. The molecular formula is C11H5Cl2F3N2O. The Bertz CT molecular complexity index is 637. The zero-order valence-corrected chi connectivity index (χ0v) is 10.6. The van der Waals surface area contributed by atoms with Crippen LogP contribution < -0.4 is 0 Å². The Labute approximate surface area is 115 Å². The van der Waals surface area contributed by atoms with Crippen molar-refractivity contribution in [3.8, 4) is 5.69 Å². The largest absolute Gasteiger partial charge is 0.435 e. The van der Waals surface area contributed by atoms with Crippen LogP contribution in [0, 0.1) is 0 Å². The summed E-state index contributed by atoms with van der Waals surface area (Å²) < 4.78 is 38.9. The van der Waals surface area contributed by atoms with E-state index in [0.717, 1.165) is 4.68 Å². The first-order chi connectivity index (χ1) is 8.84. The SMILES string of the molecule is O=Cc1c(C(F)(F)F)nn(-c2cccc(Cl)c2)c1Cl. The molecule has 8 heteroatoms. The van der Waals surface area contributed by atoms with E-state index in [4.69, 9.17) is 23.2 Å². The second-order valence-corrected chi connectivity index (χ2v) is 4.35. The maximum Gasteiger partial charge on any atom is 0.435 e. The first-order valence-corrected chi connectivity index (χ1v) is 5.67. The zero-order chi connectivity index (χ0) is 14.2. The van der Waals surface area contributed by atoms with E-state index in [0.29, 0.717) is 5.02 Å². The Balaban J connectivity index is 2.66. The summed E-state index contributed by atoms with van der Waals surface area (Å²) in [4.78, 5) is 10.7. The topological polar surface area (TPSA) is 34.9 Å². The lowest BCUT2D eigenvalue weighted by Gasteiger charge is -2.03. The number of alkyl halides is 3. The first kappa shape index (κ1) is 13.9. The Morgan fingerprint density at radius 3 is 2.42 bits per heavy atom. The van der Waals surface area contributed by atoms with Crippen molar-refractivity contribution in [3.05, 3.63) is 45.7 Å². The predicted molar refractivity (Wildman–Crippen MR) is 64.0 cm³/mol. The van der Waals surface area contributed by atoms with Crippen molar-refractivity contribution >= 4 is 29.5 Å². The summed E-state index contributed by atoms with van der Waals surface area (Å²) >= 11 is 11.5. The fourth-order valence-corrected chi connectivity index (χ4v) is 1.96. The molecule has 3 nitrogen and oxygen atoms in total. The van der Waals surface area contributed by atoms with E-state index >= 15 is 0 Å². The molecule has 19 heavy (non-hydrogen) atoms. The molecule has 100 valence electrons. The van der Waals surface area contributed by atoms with Gasteiger partial charge in [0.1, 0.15) is 5.15 Å². The van der Waals surface area contributed by atoms with Gasteiger partial charge in [0.05, 0.1) is 11.3 Å². The number of hydrogen-bond donors (Lipinski definition) is 0. The lowest BCUT2D eigenvalue weighted by molar-refractivity contribution is -0.141. The van der Waals surface area contributed by atoms with E-state index in [9.17, 15) is 18.0 Å². The fourth-order valence-electron chi connectivity index (χ4n) is 1.50.